The Balaban J connectivity index is 0.000000109. The summed E-state index contributed by atoms with van der Waals surface area (Å²) in [5.41, 5.74) is 24.9. The monoisotopic (exact) mass is 1880 g/mol. The summed E-state index contributed by atoms with van der Waals surface area (Å²) in [7, 11) is 0. The Morgan fingerprint density at radius 2 is 0.340 bits per heavy atom. The molecule has 0 amide bonds. The van der Waals surface area contributed by atoms with E-state index in [4.69, 9.17) is 58.1 Å². The summed E-state index contributed by atoms with van der Waals surface area (Å²) in [5, 5.41) is 20.2. The molecule has 0 fully saturated rings. The topological polar surface area (TPSA) is 155 Å². The Labute approximate surface area is 844 Å². The number of hydrogen-bond acceptors (Lipinski definition) is 12. The van der Waals surface area contributed by atoms with Crippen LogP contribution < -0.4 is 0 Å². The number of benzene rings is 23. The summed E-state index contributed by atoms with van der Waals surface area (Å²) < 4.78 is 18.7. The molecule has 0 unspecified atom stereocenters. The quantitative estimate of drug-likeness (QED) is 0.0951. The van der Waals surface area contributed by atoms with Crippen molar-refractivity contribution < 1.29 is 13.3 Å². The van der Waals surface area contributed by atoms with Crippen LogP contribution in [0.2, 0.25) is 0 Å². The molecule has 0 aliphatic carbocycles. The maximum absolute atomic E-state index is 6.29. The number of furan rings is 3. The molecule has 0 aliphatic heterocycles. The van der Waals surface area contributed by atoms with E-state index in [2.05, 4.69) is 358 Å². The molecule has 0 saturated heterocycles. The number of para-hydroxylation sites is 3. The third-order valence-corrected chi connectivity index (χ3v) is 28.0. The van der Waals surface area contributed by atoms with Crippen molar-refractivity contribution in [2.75, 3.05) is 0 Å². The molecule has 23 aromatic carbocycles. The van der Waals surface area contributed by atoms with Crippen LogP contribution in [0.1, 0.15) is 0 Å². The second kappa shape index (κ2) is 36.9. The molecule has 12 heteroatoms. The molecule has 147 heavy (non-hydrogen) atoms. The maximum atomic E-state index is 6.29. The molecule has 686 valence electrons. The predicted octanol–water partition coefficient (Wildman–Crippen LogP) is 35.6. The Morgan fingerprint density at radius 1 is 0.109 bits per heavy atom. The van der Waals surface area contributed by atoms with E-state index in [1.165, 1.54) is 60.0 Å². The highest BCUT2D eigenvalue weighted by Crippen LogP contribution is 2.46. The molecule has 12 nitrogen and oxygen atoms in total. The predicted molar refractivity (Wildman–Crippen MR) is 602 cm³/mol. The summed E-state index contributed by atoms with van der Waals surface area (Å²) in [6.45, 7) is 0. The van der Waals surface area contributed by atoms with E-state index in [0.29, 0.717) is 52.4 Å². The van der Waals surface area contributed by atoms with Crippen molar-refractivity contribution >= 4 is 130 Å². The minimum Gasteiger partial charge on any atom is -0.456 e. The maximum Gasteiger partial charge on any atom is 0.164 e. The van der Waals surface area contributed by atoms with Crippen molar-refractivity contribution in [2.24, 2.45) is 0 Å². The second-order valence-corrected chi connectivity index (χ2v) is 36.8. The standard InChI is InChI=1S/2C47H29N3O.C41H25N3O/c1-3-12-30(13-4-1)31-22-24-33(25-23-31)45-48-46(50-47(49-45)39-19-11-21-43-44(39)38-18-9-10-20-42(38)51-43)35-26-27-37-36-17-8-7-16-34(36)28-40(41(37)29-35)32-14-5-2-6-15-32;1-3-12-30(13-4-1)32-22-24-33(25-23-32)45-48-46(39-19-11-21-43-44(39)38-18-9-10-20-42(38)51-43)50-47(49-45)41-29-35-16-7-8-17-36(35)37-27-26-34(28-40(37)41)31-14-5-2-6-15-31;1-3-10-26(11-4-1)28-20-22-32-29(24-28)18-19-30-25-31(21-23-33(30)32)40-42-39(27-12-5-2-6-13-27)43-41(44-40)35-15-9-17-37-38(35)34-14-7-8-16-36(34)45-37/h2*1-29H;1-25H. The average Bonchev–Trinajstić information content (AvgIpc) is 1.70. The highest BCUT2D eigenvalue weighted by Gasteiger charge is 2.26. The van der Waals surface area contributed by atoms with Crippen LogP contribution in [-0.4, -0.2) is 44.9 Å². The number of hydrogen-bond donors (Lipinski definition) is 0. The van der Waals surface area contributed by atoms with Gasteiger partial charge in [-0.25, -0.2) is 44.9 Å². The van der Waals surface area contributed by atoms with Crippen LogP contribution in [0, 0.1) is 0 Å². The summed E-state index contributed by atoms with van der Waals surface area (Å²) in [5.74, 6) is 5.52. The van der Waals surface area contributed by atoms with Gasteiger partial charge in [-0.15, -0.1) is 0 Å². The normalized spacial score (nSPS) is 11.5. The largest absolute Gasteiger partial charge is 0.456 e. The molecular formula is C135H83N9O3. The van der Waals surface area contributed by atoms with Gasteiger partial charge >= 0.3 is 0 Å². The van der Waals surface area contributed by atoms with Crippen LogP contribution in [0.15, 0.2) is 517 Å². The Hall–Kier alpha value is -20.0. The van der Waals surface area contributed by atoms with Gasteiger partial charge in [-0.3, -0.25) is 0 Å². The van der Waals surface area contributed by atoms with E-state index in [-0.39, 0.29) is 0 Å². The second-order valence-electron chi connectivity index (χ2n) is 36.8. The molecule has 29 aromatic rings. The van der Waals surface area contributed by atoms with Crippen molar-refractivity contribution in [1.29, 1.82) is 0 Å². The molecule has 0 atom stereocenters. The Bertz CT molecular complexity index is 10200. The molecular weight excluding hydrogens is 1800 g/mol. The summed E-state index contributed by atoms with van der Waals surface area (Å²) in [6, 6.07) is 174. The van der Waals surface area contributed by atoms with Crippen LogP contribution in [0.25, 0.3) is 289 Å². The lowest BCUT2D eigenvalue weighted by Gasteiger charge is -2.14. The first-order valence-electron chi connectivity index (χ1n) is 49.2. The molecule has 6 heterocycles. The third kappa shape index (κ3) is 16.2. The number of fused-ring (bicyclic) bond motifs is 18. The van der Waals surface area contributed by atoms with E-state index in [0.717, 1.165) is 176 Å². The third-order valence-electron chi connectivity index (χ3n) is 28.0. The van der Waals surface area contributed by atoms with Gasteiger partial charge in [0.15, 0.2) is 52.4 Å². The number of nitrogens with zero attached hydrogens (tertiary/aromatic N) is 9. The van der Waals surface area contributed by atoms with Crippen molar-refractivity contribution in [3.8, 4) is 158 Å². The van der Waals surface area contributed by atoms with Gasteiger partial charge in [-0.2, -0.15) is 0 Å². The summed E-state index contributed by atoms with van der Waals surface area (Å²) in [4.78, 5) is 46.3. The zero-order valence-corrected chi connectivity index (χ0v) is 79.2. The Kier molecular flexibility index (Phi) is 21.6. The van der Waals surface area contributed by atoms with Crippen LogP contribution in [0.4, 0.5) is 0 Å². The van der Waals surface area contributed by atoms with Crippen LogP contribution in [0.3, 0.4) is 0 Å². The van der Waals surface area contributed by atoms with E-state index in [9.17, 15) is 0 Å². The van der Waals surface area contributed by atoms with Gasteiger partial charge in [-0.1, -0.05) is 431 Å². The van der Waals surface area contributed by atoms with Crippen LogP contribution in [0.5, 0.6) is 0 Å². The van der Waals surface area contributed by atoms with Gasteiger partial charge in [0.05, 0.1) is 0 Å². The lowest BCUT2D eigenvalue weighted by Crippen LogP contribution is -2.01. The van der Waals surface area contributed by atoms with E-state index >= 15 is 0 Å². The lowest BCUT2D eigenvalue weighted by molar-refractivity contribution is 0.668. The molecule has 0 radical (unpaired) electrons. The van der Waals surface area contributed by atoms with E-state index in [1.807, 2.05) is 146 Å². The van der Waals surface area contributed by atoms with Gasteiger partial charge in [0.25, 0.3) is 0 Å². The fraction of sp³-hybridized carbons (Fsp3) is 0. The van der Waals surface area contributed by atoms with Gasteiger partial charge in [0, 0.05) is 82.4 Å². The fourth-order valence-corrected chi connectivity index (χ4v) is 20.8. The summed E-state index contributed by atoms with van der Waals surface area (Å²) in [6.07, 6.45) is 0. The highest BCUT2D eigenvalue weighted by atomic mass is 16.3. The van der Waals surface area contributed by atoms with Crippen molar-refractivity contribution in [3.05, 3.63) is 504 Å². The first-order chi connectivity index (χ1) is 72.8. The van der Waals surface area contributed by atoms with Crippen LogP contribution in [-0.2, 0) is 0 Å². The molecule has 0 saturated carbocycles. The SMILES string of the molecule is c1ccc(-c2ccc(-c3nc(-c4cc5ccccc5c5ccc(-c6ccccc6)cc45)nc(-c4cccc5oc6ccccc6c45)n3)cc2)cc1.c1ccc(-c2ccc(-c3nc(-c4ccc5c(c4)c(-c4ccccc4)cc4ccccc45)nc(-c4cccc5oc6ccccc6c45)n3)cc2)cc1.c1ccc(-c2ccc3c(ccc4cc(-c5nc(-c6ccccc6)nc(-c6cccc7oc8ccccc8c67)n5)ccc43)c2)cc1. The molecule has 0 bridgehead atoms. The molecule has 0 aliphatic rings. The zero-order valence-electron chi connectivity index (χ0n) is 79.2. The van der Waals surface area contributed by atoms with Gasteiger partial charge in [-0.05, 0) is 193 Å². The van der Waals surface area contributed by atoms with Gasteiger partial charge < -0.3 is 13.3 Å². The first kappa shape index (κ1) is 86.2. The lowest BCUT2D eigenvalue weighted by atomic mass is 9.92. The van der Waals surface area contributed by atoms with E-state index < -0.39 is 0 Å². The molecule has 0 spiro atoms. The molecule has 6 aromatic heterocycles. The minimum atomic E-state index is 0.597. The summed E-state index contributed by atoms with van der Waals surface area (Å²) >= 11 is 0. The fourth-order valence-electron chi connectivity index (χ4n) is 20.8. The molecule has 29 rings (SSSR count). The zero-order chi connectivity index (χ0) is 97.2. The molecule has 0 N–H and O–H groups in total. The number of aromatic nitrogens is 9. The van der Waals surface area contributed by atoms with Gasteiger partial charge in [0.1, 0.15) is 33.5 Å². The Morgan fingerprint density at radius 3 is 0.748 bits per heavy atom. The van der Waals surface area contributed by atoms with Gasteiger partial charge in [0.2, 0.25) is 0 Å². The number of rotatable bonds is 14. The van der Waals surface area contributed by atoms with Crippen LogP contribution >= 0.6 is 0 Å². The average molecular weight is 1880 g/mol. The van der Waals surface area contributed by atoms with Crippen molar-refractivity contribution in [3.63, 3.8) is 0 Å². The van der Waals surface area contributed by atoms with E-state index in [1.54, 1.807) is 0 Å². The van der Waals surface area contributed by atoms with Crippen molar-refractivity contribution in [2.45, 2.75) is 0 Å². The van der Waals surface area contributed by atoms with Crippen molar-refractivity contribution in [1.82, 2.24) is 44.9 Å². The highest BCUT2D eigenvalue weighted by molar-refractivity contribution is 6.19. The minimum absolute atomic E-state index is 0.597. The smallest absolute Gasteiger partial charge is 0.164 e. The first-order valence-corrected chi connectivity index (χ1v) is 49.2.